The van der Waals surface area contributed by atoms with Crippen molar-refractivity contribution < 1.29 is 18.0 Å². The predicted molar refractivity (Wildman–Crippen MR) is 59.1 cm³/mol. The van der Waals surface area contributed by atoms with E-state index in [0.717, 1.165) is 11.8 Å². The lowest BCUT2D eigenvalue weighted by atomic mass is 10.6. The first-order chi connectivity index (χ1) is 8.36. The van der Waals surface area contributed by atoms with E-state index in [1.807, 2.05) is 0 Å². The molecule has 18 heavy (non-hydrogen) atoms. The summed E-state index contributed by atoms with van der Waals surface area (Å²) in [7, 11) is 0. The first kappa shape index (κ1) is 14.4. The number of rotatable bonds is 5. The molecule has 0 saturated carbocycles. The van der Waals surface area contributed by atoms with Gasteiger partial charge in [-0.25, -0.2) is 4.68 Å². The third-order valence-electron chi connectivity index (χ3n) is 1.69. The van der Waals surface area contributed by atoms with Gasteiger partial charge in [0.1, 0.15) is 0 Å². The van der Waals surface area contributed by atoms with Gasteiger partial charge < -0.3 is 11.2 Å². The summed E-state index contributed by atoms with van der Waals surface area (Å²) in [5, 5.41) is 8.46. The van der Waals surface area contributed by atoms with Crippen LogP contribution in [0.5, 0.6) is 0 Å². The summed E-state index contributed by atoms with van der Waals surface area (Å²) in [5.41, 5.74) is 0. The van der Waals surface area contributed by atoms with Crippen LogP contribution in [0.2, 0.25) is 0 Å². The largest absolute Gasteiger partial charge is 0.453 e. The summed E-state index contributed by atoms with van der Waals surface area (Å²) in [5.74, 6) is 3.40. The van der Waals surface area contributed by atoms with Crippen molar-refractivity contribution in [2.45, 2.75) is 11.3 Å². The fourth-order valence-electron chi connectivity index (χ4n) is 0.936. The maximum absolute atomic E-state index is 12.3. The molecule has 0 unspecified atom stereocenters. The van der Waals surface area contributed by atoms with E-state index >= 15 is 0 Å². The molecule has 0 aliphatic heterocycles. The molecule has 0 fully saturated rings. The van der Waals surface area contributed by atoms with E-state index in [1.165, 1.54) is 6.08 Å². The van der Waals surface area contributed by atoms with E-state index in [1.54, 1.807) is 0 Å². The smallest absolute Gasteiger partial charge is 0.352 e. The Morgan fingerprint density at radius 2 is 2.22 bits per heavy atom. The molecule has 0 radical (unpaired) electrons. The molecule has 1 rings (SSSR count). The van der Waals surface area contributed by atoms with E-state index in [0.29, 0.717) is 4.68 Å². The van der Waals surface area contributed by atoms with Crippen LogP contribution in [0.3, 0.4) is 0 Å². The molecular weight excluding hydrogens is 271 g/mol. The average molecular weight is 281 g/mol. The van der Waals surface area contributed by atoms with Crippen LogP contribution >= 0.6 is 11.8 Å². The molecular formula is C8H10F3N5OS. The van der Waals surface area contributed by atoms with Gasteiger partial charge in [0.15, 0.2) is 0 Å². The number of nitrogen functional groups attached to an aromatic ring is 1. The van der Waals surface area contributed by atoms with Crippen LogP contribution in [0.4, 0.5) is 13.2 Å². The number of carbonyl (C=O) groups is 1. The number of carbonyl (C=O) groups excluding carboxylic acids is 1. The number of halogens is 3. The fourth-order valence-corrected chi connectivity index (χ4v) is 1.62. The molecule has 0 bridgehead atoms. The fraction of sp³-hybridized carbons (Fsp3) is 0.375. The Morgan fingerprint density at radius 1 is 1.56 bits per heavy atom. The first-order valence-corrected chi connectivity index (χ1v) is 5.63. The molecule has 0 aromatic carbocycles. The second-order valence-corrected chi connectivity index (χ2v) is 4.00. The summed E-state index contributed by atoms with van der Waals surface area (Å²) in [6.45, 7) is 3.68. The van der Waals surface area contributed by atoms with Crippen molar-refractivity contribution >= 4 is 17.7 Å². The molecule has 1 aromatic heterocycles. The van der Waals surface area contributed by atoms with Gasteiger partial charge in [-0.1, -0.05) is 17.8 Å². The second-order valence-electron chi connectivity index (χ2n) is 3.06. The van der Waals surface area contributed by atoms with Gasteiger partial charge in [-0.2, -0.15) is 13.2 Å². The number of nitrogens with two attached hydrogens (primary N) is 1. The molecule has 6 nitrogen and oxygen atoms in total. The van der Waals surface area contributed by atoms with Crippen molar-refractivity contribution in [1.29, 1.82) is 0 Å². The molecule has 0 aliphatic carbocycles. The van der Waals surface area contributed by atoms with Crippen molar-refractivity contribution in [1.82, 2.24) is 20.2 Å². The van der Waals surface area contributed by atoms with Gasteiger partial charge in [-0.15, -0.1) is 16.8 Å². The minimum Gasteiger partial charge on any atom is -0.352 e. The molecule has 100 valence electrons. The number of amides is 1. The van der Waals surface area contributed by atoms with Crippen LogP contribution in [-0.4, -0.2) is 33.1 Å². The van der Waals surface area contributed by atoms with E-state index in [9.17, 15) is 18.0 Å². The van der Waals surface area contributed by atoms with Gasteiger partial charge in [0, 0.05) is 6.54 Å². The Balaban J connectivity index is 2.61. The lowest BCUT2D eigenvalue weighted by molar-refractivity contribution is -0.146. The predicted octanol–water partition coefficient (Wildman–Crippen LogP) is 0.405. The maximum Gasteiger partial charge on any atom is 0.453 e. The first-order valence-electron chi connectivity index (χ1n) is 4.64. The van der Waals surface area contributed by atoms with E-state index in [-0.39, 0.29) is 23.4 Å². The molecule has 1 heterocycles. The van der Waals surface area contributed by atoms with Gasteiger partial charge in [0.05, 0.1) is 5.75 Å². The number of nitrogens with zero attached hydrogens (tertiary/aromatic N) is 3. The van der Waals surface area contributed by atoms with Crippen LogP contribution in [0.15, 0.2) is 17.8 Å². The zero-order chi connectivity index (χ0) is 13.8. The Kier molecular flexibility index (Phi) is 4.59. The van der Waals surface area contributed by atoms with Gasteiger partial charge in [0.2, 0.25) is 11.1 Å². The normalized spacial score (nSPS) is 11.3. The van der Waals surface area contributed by atoms with Crippen LogP contribution in [0, 0.1) is 0 Å². The van der Waals surface area contributed by atoms with Gasteiger partial charge in [0.25, 0.3) is 5.82 Å². The summed E-state index contributed by atoms with van der Waals surface area (Å²) in [6.07, 6.45) is -3.19. The van der Waals surface area contributed by atoms with Crippen LogP contribution in [-0.2, 0) is 11.0 Å². The topological polar surface area (TPSA) is 85.8 Å². The van der Waals surface area contributed by atoms with Crippen molar-refractivity contribution in [2.24, 2.45) is 0 Å². The van der Waals surface area contributed by atoms with Crippen molar-refractivity contribution in [3.63, 3.8) is 0 Å². The quantitative estimate of drug-likeness (QED) is 0.463. The van der Waals surface area contributed by atoms with E-state index < -0.39 is 12.0 Å². The van der Waals surface area contributed by atoms with Gasteiger partial charge in [-0.05, 0) is 0 Å². The second kappa shape index (κ2) is 5.76. The minimum atomic E-state index is -4.67. The number of hydrogen-bond donors (Lipinski definition) is 2. The molecule has 0 aliphatic rings. The van der Waals surface area contributed by atoms with Crippen molar-refractivity contribution in [2.75, 3.05) is 18.1 Å². The molecule has 0 saturated heterocycles. The van der Waals surface area contributed by atoms with Crippen molar-refractivity contribution in [3.8, 4) is 0 Å². The third kappa shape index (κ3) is 3.65. The van der Waals surface area contributed by atoms with Crippen LogP contribution in [0.1, 0.15) is 5.82 Å². The molecule has 1 aromatic rings. The summed E-state index contributed by atoms with van der Waals surface area (Å²) >= 11 is 0.761. The minimum absolute atomic E-state index is 0.110. The Bertz CT molecular complexity index is 444. The standard InChI is InChI=1S/C8H10F3N5OS/c1-2-3-13-5(17)4-18-7-15-14-6(16(7)12)8(9,10)11/h2H,1,3-4,12H2,(H,13,17). The zero-order valence-electron chi connectivity index (χ0n) is 9.07. The highest BCUT2D eigenvalue weighted by Crippen LogP contribution is 2.28. The highest BCUT2D eigenvalue weighted by Gasteiger charge is 2.38. The Morgan fingerprint density at radius 3 is 2.72 bits per heavy atom. The number of alkyl halides is 3. The third-order valence-corrected chi connectivity index (χ3v) is 2.64. The lowest BCUT2D eigenvalue weighted by Gasteiger charge is -2.05. The molecule has 0 spiro atoms. The summed E-state index contributed by atoms with van der Waals surface area (Å²) in [4.78, 5) is 11.2. The monoisotopic (exact) mass is 281 g/mol. The van der Waals surface area contributed by atoms with Gasteiger partial charge in [-0.3, -0.25) is 4.79 Å². The van der Waals surface area contributed by atoms with Crippen LogP contribution < -0.4 is 11.2 Å². The molecule has 0 atom stereocenters. The average Bonchev–Trinajstić information content (AvgIpc) is 2.64. The summed E-state index contributed by atoms with van der Waals surface area (Å²) < 4.78 is 37.3. The Labute approximate surface area is 104 Å². The van der Waals surface area contributed by atoms with E-state index in [4.69, 9.17) is 5.84 Å². The van der Waals surface area contributed by atoms with Gasteiger partial charge >= 0.3 is 6.18 Å². The molecule has 3 N–H and O–H groups in total. The molecule has 1 amide bonds. The maximum atomic E-state index is 12.3. The number of hydrogen-bond acceptors (Lipinski definition) is 5. The molecule has 10 heteroatoms. The van der Waals surface area contributed by atoms with E-state index in [2.05, 4.69) is 22.1 Å². The van der Waals surface area contributed by atoms with Crippen LogP contribution in [0.25, 0.3) is 0 Å². The highest BCUT2D eigenvalue weighted by atomic mass is 32.2. The Hall–Kier alpha value is -1.71. The SMILES string of the molecule is C=CCNC(=O)CSc1nnc(C(F)(F)F)n1N. The number of nitrogens with one attached hydrogen (secondary N) is 1. The van der Waals surface area contributed by atoms with Crippen molar-refractivity contribution in [3.05, 3.63) is 18.5 Å². The lowest BCUT2D eigenvalue weighted by Crippen LogP contribution is -2.25. The highest BCUT2D eigenvalue weighted by molar-refractivity contribution is 7.99. The number of thioether (sulfide) groups is 1. The summed E-state index contributed by atoms with van der Waals surface area (Å²) in [6, 6.07) is 0. The zero-order valence-corrected chi connectivity index (χ0v) is 9.88. The number of aromatic nitrogens is 3.